The van der Waals surface area contributed by atoms with E-state index in [-0.39, 0.29) is 5.97 Å². The minimum atomic E-state index is -0.414. The Bertz CT molecular complexity index is 424. The molecular formula is C14H20BrNO2. The molecule has 0 saturated heterocycles. The van der Waals surface area contributed by atoms with Crippen LogP contribution in [0, 0.1) is 6.92 Å². The molecule has 0 bridgehead atoms. The first-order chi connectivity index (χ1) is 8.29. The van der Waals surface area contributed by atoms with Gasteiger partial charge in [-0.3, -0.25) is 4.79 Å². The molecule has 0 heterocycles. The van der Waals surface area contributed by atoms with E-state index in [0.717, 1.165) is 15.7 Å². The zero-order valence-electron chi connectivity index (χ0n) is 11.3. The number of carbonyl (C=O) groups excluding carboxylic acids is 1. The molecule has 4 heteroatoms. The van der Waals surface area contributed by atoms with Crippen LogP contribution < -0.4 is 5.32 Å². The third-order valence-electron chi connectivity index (χ3n) is 2.33. The van der Waals surface area contributed by atoms with Gasteiger partial charge in [0, 0.05) is 16.7 Å². The van der Waals surface area contributed by atoms with Crippen LogP contribution in [-0.2, 0) is 9.53 Å². The van der Waals surface area contributed by atoms with Crippen molar-refractivity contribution in [3.63, 3.8) is 0 Å². The number of benzene rings is 1. The Balaban J connectivity index is 2.43. The molecule has 1 aromatic carbocycles. The molecule has 1 aromatic rings. The third kappa shape index (κ3) is 5.08. The molecule has 0 aliphatic rings. The largest absolute Gasteiger partial charge is 0.460 e. The summed E-state index contributed by atoms with van der Waals surface area (Å²) in [7, 11) is 0. The normalized spacial score (nSPS) is 11.2. The fourth-order valence-electron chi connectivity index (χ4n) is 1.49. The summed E-state index contributed by atoms with van der Waals surface area (Å²) in [6, 6.07) is 5.95. The van der Waals surface area contributed by atoms with Crippen LogP contribution >= 0.6 is 15.9 Å². The van der Waals surface area contributed by atoms with Crippen LogP contribution in [0.1, 0.15) is 32.8 Å². The number of nitrogens with one attached hydrogen (secondary N) is 1. The Morgan fingerprint density at radius 1 is 1.39 bits per heavy atom. The van der Waals surface area contributed by atoms with Crippen molar-refractivity contribution in [1.82, 2.24) is 0 Å². The summed E-state index contributed by atoms with van der Waals surface area (Å²) in [5.74, 6) is -0.178. The van der Waals surface area contributed by atoms with Gasteiger partial charge in [0.1, 0.15) is 5.60 Å². The second-order valence-electron chi connectivity index (χ2n) is 5.18. The van der Waals surface area contributed by atoms with Crippen LogP contribution in [0.5, 0.6) is 0 Å². The number of halogens is 1. The first-order valence-electron chi connectivity index (χ1n) is 6.00. The minimum Gasteiger partial charge on any atom is -0.460 e. The van der Waals surface area contributed by atoms with Crippen molar-refractivity contribution in [2.24, 2.45) is 0 Å². The van der Waals surface area contributed by atoms with Crippen LogP contribution in [-0.4, -0.2) is 18.1 Å². The Hall–Kier alpha value is -1.03. The van der Waals surface area contributed by atoms with Crippen molar-refractivity contribution in [1.29, 1.82) is 0 Å². The summed E-state index contributed by atoms with van der Waals surface area (Å²) in [4.78, 5) is 11.5. The van der Waals surface area contributed by atoms with Crippen molar-refractivity contribution in [3.05, 3.63) is 28.2 Å². The first kappa shape index (κ1) is 15.0. The molecule has 0 spiro atoms. The summed E-state index contributed by atoms with van der Waals surface area (Å²) >= 11 is 3.48. The van der Waals surface area contributed by atoms with E-state index in [0.29, 0.717) is 13.0 Å². The van der Waals surface area contributed by atoms with Crippen LogP contribution in [0.2, 0.25) is 0 Å². The van der Waals surface area contributed by atoms with Gasteiger partial charge in [0.15, 0.2) is 0 Å². The zero-order valence-corrected chi connectivity index (χ0v) is 12.9. The van der Waals surface area contributed by atoms with Gasteiger partial charge in [-0.2, -0.15) is 0 Å². The van der Waals surface area contributed by atoms with Gasteiger partial charge in [-0.1, -0.05) is 22.0 Å². The highest BCUT2D eigenvalue weighted by atomic mass is 79.9. The Morgan fingerprint density at radius 2 is 2.06 bits per heavy atom. The minimum absolute atomic E-state index is 0.178. The van der Waals surface area contributed by atoms with E-state index in [9.17, 15) is 4.79 Å². The quantitative estimate of drug-likeness (QED) is 0.857. The monoisotopic (exact) mass is 313 g/mol. The molecule has 0 aromatic heterocycles. The standard InChI is InChI=1S/C14H20BrNO2/c1-10-11(15)6-5-7-12(10)16-9-8-13(17)18-14(2,3)4/h5-7,16H,8-9H2,1-4H3. The van der Waals surface area contributed by atoms with Gasteiger partial charge >= 0.3 is 5.97 Å². The number of esters is 1. The smallest absolute Gasteiger partial charge is 0.308 e. The maximum Gasteiger partial charge on any atom is 0.308 e. The molecule has 100 valence electrons. The number of hydrogen-bond acceptors (Lipinski definition) is 3. The molecule has 3 nitrogen and oxygen atoms in total. The maximum atomic E-state index is 11.5. The van der Waals surface area contributed by atoms with E-state index >= 15 is 0 Å². The van der Waals surface area contributed by atoms with E-state index in [1.807, 2.05) is 45.9 Å². The highest BCUT2D eigenvalue weighted by Crippen LogP contribution is 2.23. The summed E-state index contributed by atoms with van der Waals surface area (Å²) in [5, 5.41) is 3.24. The van der Waals surface area contributed by atoms with Crippen molar-refractivity contribution in [3.8, 4) is 0 Å². The molecule has 0 aliphatic heterocycles. The van der Waals surface area contributed by atoms with Crippen LogP contribution in [0.3, 0.4) is 0 Å². The molecule has 0 amide bonds. The molecule has 0 radical (unpaired) electrons. The second kappa shape index (κ2) is 6.23. The first-order valence-corrected chi connectivity index (χ1v) is 6.80. The predicted octanol–water partition coefficient (Wildman–Crippen LogP) is 3.90. The molecule has 0 saturated carbocycles. The van der Waals surface area contributed by atoms with Crippen LogP contribution in [0.25, 0.3) is 0 Å². The average molecular weight is 314 g/mol. The Labute approximate surface area is 117 Å². The molecule has 18 heavy (non-hydrogen) atoms. The number of rotatable bonds is 4. The lowest BCUT2D eigenvalue weighted by molar-refractivity contribution is -0.154. The van der Waals surface area contributed by atoms with Gasteiger partial charge in [0.25, 0.3) is 0 Å². The predicted molar refractivity (Wildman–Crippen MR) is 77.8 cm³/mol. The second-order valence-corrected chi connectivity index (χ2v) is 6.03. The highest BCUT2D eigenvalue weighted by molar-refractivity contribution is 9.10. The van der Waals surface area contributed by atoms with Crippen LogP contribution in [0.4, 0.5) is 5.69 Å². The van der Waals surface area contributed by atoms with Crippen molar-refractivity contribution >= 4 is 27.6 Å². The van der Waals surface area contributed by atoms with Gasteiger partial charge in [0.2, 0.25) is 0 Å². The summed E-state index contributed by atoms with van der Waals surface area (Å²) < 4.78 is 6.30. The molecule has 1 N–H and O–H groups in total. The lowest BCUT2D eigenvalue weighted by atomic mass is 10.2. The lowest BCUT2D eigenvalue weighted by Gasteiger charge is -2.19. The molecule has 0 atom stereocenters. The molecule has 0 aliphatic carbocycles. The topological polar surface area (TPSA) is 38.3 Å². The zero-order chi connectivity index (χ0) is 13.8. The highest BCUT2D eigenvalue weighted by Gasteiger charge is 2.15. The van der Waals surface area contributed by atoms with Crippen molar-refractivity contribution in [2.75, 3.05) is 11.9 Å². The summed E-state index contributed by atoms with van der Waals surface area (Å²) in [6.07, 6.45) is 0.364. The summed E-state index contributed by atoms with van der Waals surface area (Å²) in [6.45, 7) is 8.22. The van der Waals surface area contributed by atoms with Gasteiger partial charge < -0.3 is 10.1 Å². The van der Waals surface area contributed by atoms with E-state index in [1.165, 1.54) is 0 Å². The Kier molecular flexibility index (Phi) is 5.20. The van der Waals surface area contributed by atoms with E-state index in [2.05, 4.69) is 21.2 Å². The molecule has 0 fully saturated rings. The van der Waals surface area contributed by atoms with Crippen molar-refractivity contribution < 1.29 is 9.53 Å². The van der Waals surface area contributed by atoms with E-state index in [1.54, 1.807) is 0 Å². The Morgan fingerprint density at radius 3 is 2.67 bits per heavy atom. The lowest BCUT2D eigenvalue weighted by Crippen LogP contribution is -2.25. The van der Waals surface area contributed by atoms with Crippen LogP contribution in [0.15, 0.2) is 22.7 Å². The van der Waals surface area contributed by atoms with Gasteiger partial charge in [0.05, 0.1) is 6.42 Å². The fraction of sp³-hybridized carbons (Fsp3) is 0.500. The molecule has 1 rings (SSSR count). The van der Waals surface area contributed by atoms with Crippen molar-refractivity contribution in [2.45, 2.75) is 39.7 Å². The fourth-order valence-corrected chi connectivity index (χ4v) is 1.86. The third-order valence-corrected chi connectivity index (χ3v) is 3.19. The maximum absolute atomic E-state index is 11.5. The van der Waals surface area contributed by atoms with E-state index in [4.69, 9.17) is 4.74 Å². The van der Waals surface area contributed by atoms with E-state index < -0.39 is 5.60 Å². The molecule has 0 unspecified atom stereocenters. The number of hydrogen-bond donors (Lipinski definition) is 1. The average Bonchev–Trinajstić information content (AvgIpc) is 2.21. The SMILES string of the molecule is Cc1c(Br)cccc1NCCC(=O)OC(C)(C)C. The number of ether oxygens (including phenoxy) is 1. The van der Waals surface area contributed by atoms with Gasteiger partial charge in [-0.15, -0.1) is 0 Å². The number of anilines is 1. The summed E-state index contributed by atoms with van der Waals surface area (Å²) in [5.41, 5.74) is 1.76. The number of carbonyl (C=O) groups is 1. The van der Waals surface area contributed by atoms with Gasteiger partial charge in [-0.05, 0) is 45.4 Å². The van der Waals surface area contributed by atoms with Gasteiger partial charge in [-0.25, -0.2) is 0 Å². The molecular weight excluding hydrogens is 294 g/mol.